The number of halogens is 2. The minimum absolute atomic E-state index is 0.198. The van der Waals surface area contributed by atoms with Gasteiger partial charge in [0.1, 0.15) is 22.7 Å². The second kappa shape index (κ2) is 14.3. The predicted octanol–water partition coefficient (Wildman–Crippen LogP) is 6.20. The van der Waals surface area contributed by atoms with E-state index in [1.165, 1.54) is 0 Å². The number of rotatable bonds is 9. The minimum atomic E-state index is -1.32. The average molecular weight is 698 g/mol. The summed E-state index contributed by atoms with van der Waals surface area (Å²) < 4.78 is 6.15. The molecule has 0 radical (unpaired) electrons. The number of aliphatic imine (C=N–C) groups is 1. The zero-order valence-electron chi connectivity index (χ0n) is 28.6. The number of ether oxygens (including phenoxy) is 1. The van der Waals surface area contributed by atoms with Crippen molar-refractivity contribution in [2.75, 3.05) is 39.3 Å². The first kappa shape index (κ1) is 36.0. The molecule has 2 unspecified atom stereocenters. The number of hydrogen-bond acceptors (Lipinski definition) is 8. The molecule has 2 atom stereocenters. The molecule has 5 rings (SSSR count). The Morgan fingerprint density at radius 3 is 2.08 bits per heavy atom. The third-order valence-corrected chi connectivity index (χ3v) is 9.97. The summed E-state index contributed by atoms with van der Waals surface area (Å²) in [5.41, 5.74) is -0.117. The number of benzene rings is 2. The standard InChI is InChI=1S/C36H46Cl2N6O4/c1-7-48-31-28(23-39-32(40-31)34(2,3)4)30-41-35(5,24-10-14-26(37)15-11-24)36(6,25-12-16-27(38)17-13-25)44(30)33(47)43-21-19-42(20-22-43)18-8-9-29(45)46/h10-17,23,29,45-46H,7-9,18-22H2,1-6H3. The highest BCUT2D eigenvalue weighted by Gasteiger charge is 2.60. The molecule has 2 aliphatic heterocycles. The van der Waals surface area contributed by atoms with Crippen LogP contribution in [0, 0.1) is 0 Å². The van der Waals surface area contributed by atoms with Gasteiger partial charge in [-0.05, 0) is 75.5 Å². The fourth-order valence-electron chi connectivity index (χ4n) is 6.50. The van der Waals surface area contributed by atoms with Crippen LogP contribution in [0.25, 0.3) is 0 Å². The number of piperazine rings is 1. The molecule has 1 aromatic heterocycles. The molecule has 2 aliphatic rings. The fourth-order valence-corrected chi connectivity index (χ4v) is 6.75. The summed E-state index contributed by atoms with van der Waals surface area (Å²) in [4.78, 5) is 36.0. The number of nitrogens with zero attached hydrogens (tertiary/aromatic N) is 6. The first-order valence-electron chi connectivity index (χ1n) is 16.5. The van der Waals surface area contributed by atoms with Crippen LogP contribution in [0.5, 0.6) is 5.88 Å². The number of amides is 2. The molecule has 0 saturated carbocycles. The van der Waals surface area contributed by atoms with Crippen molar-refractivity contribution in [3.63, 3.8) is 0 Å². The molecule has 258 valence electrons. The van der Waals surface area contributed by atoms with Crippen LogP contribution < -0.4 is 4.74 Å². The van der Waals surface area contributed by atoms with E-state index in [9.17, 15) is 10.2 Å². The van der Waals surface area contributed by atoms with Gasteiger partial charge in [-0.1, -0.05) is 68.2 Å². The highest BCUT2D eigenvalue weighted by Crippen LogP contribution is 2.54. The number of aromatic nitrogens is 2. The zero-order valence-corrected chi connectivity index (χ0v) is 30.1. The number of aliphatic hydroxyl groups is 2. The zero-order chi connectivity index (χ0) is 34.9. The van der Waals surface area contributed by atoms with Gasteiger partial charge in [0.2, 0.25) is 5.88 Å². The van der Waals surface area contributed by atoms with Crippen molar-refractivity contribution in [1.82, 2.24) is 24.7 Å². The van der Waals surface area contributed by atoms with Crippen LogP contribution in [-0.2, 0) is 16.5 Å². The van der Waals surface area contributed by atoms with E-state index in [0.717, 1.165) is 17.7 Å². The van der Waals surface area contributed by atoms with E-state index >= 15 is 4.79 Å². The van der Waals surface area contributed by atoms with Gasteiger partial charge in [-0.2, -0.15) is 4.98 Å². The number of aliphatic hydroxyl groups excluding tert-OH is 1. The number of carbonyl (C=O) groups excluding carboxylic acids is 1. The van der Waals surface area contributed by atoms with E-state index in [1.54, 1.807) is 11.1 Å². The maximum Gasteiger partial charge on any atom is 0.326 e. The minimum Gasteiger partial charge on any atom is -0.477 e. The lowest BCUT2D eigenvalue weighted by atomic mass is 9.71. The monoisotopic (exact) mass is 696 g/mol. The van der Waals surface area contributed by atoms with Gasteiger partial charge in [0.05, 0.1) is 12.2 Å². The second-order valence-electron chi connectivity index (χ2n) is 13.8. The van der Waals surface area contributed by atoms with E-state index in [2.05, 4.69) is 4.90 Å². The number of hydrogen-bond donors (Lipinski definition) is 2. The molecule has 3 aromatic rings. The van der Waals surface area contributed by atoms with Crippen LogP contribution in [0.2, 0.25) is 10.0 Å². The number of urea groups is 1. The summed E-state index contributed by atoms with van der Waals surface area (Å²) in [7, 11) is 0. The SMILES string of the molecule is CCOc1nc(C(C)(C)C)ncc1C1=NC(C)(c2ccc(Cl)cc2)C(C)(c2ccc(Cl)cc2)N1C(=O)N1CCN(CCCC(O)O)CC1. The van der Waals surface area contributed by atoms with Gasteiger partial charge < -0.3 is 19.8 Å². The van der Waals surface area contributed by atoms with E-state index in [1.807, 2.05) is 95.0 Å². The highest BCUT2D eigenvalue weighted by molar-refractivity contribution is 6.30. The van der Waals surface area contributed by atoms with Crippen LogP contribution in [0.4, 0.5) is 4.79 Å². The Balaban J connectivity index is 1.66. The lowest BCUT2D eigenvalue weighted by molar-refractivity contribution is -0.0478. The Hall–Kier alpha value is -3.28. The number of carbonyl (C=O) groups is 1. The third-order valence-electron chi connectivity index (χ3n) is 9.47. The van der Waals surface area contributed by atoms with Crippen molar-refractivity contribution < 1.29 is 19.7 Å². The van der Waals surface area contributed by atoms with Crippen LogP contribution >= 0.6 is 23.2 Å². The Kier molecular flexibility index (Phi) is 10.7. The maximum atomic E-state index is 15.1. The second-order valence-corrected chi connectivity index (χ2v) is 14.6. The Labute approximate surface area is 293 Å². The van der Waals surface area contributed by atoms with Crippen LogP contribution in [0.15, 0.2) is 59.7 Å². The highest BCUT2D eigenvalue weighted by atomic mass is 35.5. The Morgan fingerprint density at radius 1 is 0.958 bits per heavy atom. The molecule has 1 saturated heterocycles. The molecule has 3 heterocycles. The van der Waals surface area contributed by atoms with E-state index in [0.29, 0.717) is 78.8 Å². The van der Waals surface area contributed by atoms with Gasteiger partial charge in [-0.25, -0.2) is 9.78 Å². The summed E-state index contributed by atoms with van der Waals surface area (Å²) in [5, 5.41) is 19.7. The molecule has 12 heteroatoms. The average Bonchev–Trinajstić information content (AvgIpc) is 3.29. The van der Waals surface area contributed by atoms with Crippen molar-refractivity contribution in [3.8, 4) is 5.88 Å². The van der Waals surface area contributed by atoms with Crippen molar-refractivity contribution in [2.45, 2.75) is 77.2 Å². The molecule has 2 amide bonds. The van der Waals surface area contributed by atoms with Gasteiger partial charge >= 0.3 is 6.03 Å². The maximum absolute atomic E-state index is 15.1. The molecule has 48 heavy (non-hydrogen) atoms. The molecule has 1 fully saturated rings. The molecular formula is C36H46Cl2N6O4. The summed E-state index contributed by atoms with van der Waals surface area (Å²) in [6.07, 6.45) is 1.38. The largest absolute Gasteiger partial charge is 0.477 e. The summed E-state index contributed by atoms with van der Waals surface area (Å²) >= 11 is 12.7. The third kappa shape index (κ3) is 7.05. The molecular weight excluding hydrogens is 651 g/mol. The summed E-state index contributed by atoms with van der Waals surface area (Å²) in [5.74, 6) is 1.40. The topological polar surface area (TPSA) is 115 Å². The van der Waals surface area contributed by atoms with Crippen molar-refractivity contribution in [3.05, 3.63) is 87.3 Å². The Morgan fingerprint density at radius 2 is 1.54 bits per heavy atom. The van der Waals surface area contributed by atoms with Crippen molar-refractivity contribution in [1.29, 1.82) is 0 Å². The molecule has 10 nitrogen and oxygen atoms in total. The molecule has 2 N–H and O–H groups in total. The Bertz CT molecular complexity index is 1620. The lowest BCUT2D eigenvalue weighted by Gasteiger charge is -2.47. The summed E-state index contributed by atoms with van der Waals surface area (Å²) in [6, 6.07) is 15.0. The van der Waals surface area contributed by atoms with Gasteiger partial charge in [0.25, 0.3) is 0 Å². The first-order chi connectivity index (χ1) is 22.7. The van der Waals surface area contributed by atoms with Crippen LogP contribution in [0.3, 0.4) is 0 Å². The van der Waals surface area contributed by atoms with E-state index in [4.69, 9.17) is 42.9 Å². The molecule has 0 aliphatic carbocycles. The van der Waals surface area contributed by atoms with Crippen LogP contribution in [-0.4, -0.2) is 92.4 Å². The van der Waals surface area contributed by atoms with Gasteiger partial charge in [-0.3, -0.25) is 14.8 Å². The lowest BCUT2D eigenvalue weighted by Crippen LogP contribution is -2.60. The number of amidine groups is 1. The van der Waals surface area contributed by atoms with E-state index < -0.39 is 17.4 Å². The molecule has 0 spiro atoms. The van der Waals surface area contributed by atoms with Crippen molar-refractivity contribution in [2.24, 2.45) is 4.99 Å². The van der Waals surface area contributed by atoms with Crippen molar-refractivity contribution >= 4 is 35.1 Å². The molecule has 2 aromatic carbocycles. The van der Waals surface area contributed by atoms with Gasteiger partial charge in [0.15, 0.2) is 6.29 Å². The first-order valence-corrected chi connectivity index (χ1v) is 17.2. The van der Waals surface area contributed by atoms with Crippen LogP contribution in [0.1, 0.15) is 76.9 Å². The van der Waals surface area contributed by atoms with E-state index in [-0.39, 0.29) is 11.4 Å². The van der Waals surface area contributed by atoms with Gasteiger partial charge in [-0.15, -0.1) is 0 Å². The normalized spacial score (nSPS) is 21.9. The smallest absolute Gasteiger partial charge is 0.326 e. The fraction of sp³-hybridized carbons (Fsp3) is 0.500. The predicted molar refractivity (Wildman–Crippen MR) is 189 cm³/mol. The summed E-state index contributed by atoms with van der Waals surface area (Å²) in [6.45, 7) is 15.5. The quantitative estimate of drug-likeness (QED) is 0.256. The van der Waals surface area contributed by atoms with Gasteiger partial charge in [0, 0.05) is 47.8 Å². The molecule has 0 bridgehead atoms.